The second kappa shape index (κ2) is 6.24. The van der Waals surface area contributed by atoms with Crippen LogP contribution in [0.15, 0.2) is 0 Å². The molecule has 6 heteroatoms. The summed E-state index contributed by atoms with van der Waals surface area (Å²) in [5.74, 6) is -0.890. The van der Waals surface area contributed by atoms with E-state index >= 15 is 0 Å². The SMILES string of the molecule is CC(Cl)CCCNC(=O)CS(C)(=O)=O. The summed E-state index contributed by atoms with van der Waals surface area (Å²) >= 11 is 5.69. The fourth-order valence-corrected chi connectivity index (χ4v) is 1.63. The number of carbonyl (C=O) groups excluding carboxylic acids is 1. The molecule has 0 spiro atoms. The minimum atomic E-state index is -3.21. The highest BCUT2D eigenvalue weighted by Gasteiger charge is 2.09. The Labute approximate surface area is 89.9 Å². The fourth-order valence-electron chi connectivity index (χ4n) is 0.900. The van der Waals surface area contributed by atoms with Crippen LogP contribution in [-0.2, 0) is 14.6 Å². The van der Waals surface area contributed by atoms with Crippen LogP contribution >= 0.6 is 11.6 Å². The molecule has 0 bridgehead atoms. The maximum atomic E-state index is 11.0. The molecule has 0 aliphatic heterocycles. The van der Waals surface area contributed by atoms with Crippen molar-refractivity contribution >= 4 is 27.3 Å². The second-order valence-electron chi connectivity index (χ2n) is 3.34. The highest BCUT2D eigenvalue weighted by atomic mass is 35.5. The zero-order valence-electron chi connectivity index (χ0n) is 8.42. The van der Waals surface area contributed by atoms with Crippen LogP contribution in [0.25, 0.3) is 0 Å². The number of nitrogens with one attached hydrogen (secondary N) is 1. The normalized spacial score (nSPS) is 13.6. The van der Waals surface area contributed by atoms with Crippen LogP contribution in [0.2, 0.25) is 0 Å². The van der Waals surface area contributed by atoms with Crippen molar-refractivity contribution in [2.24, 2.45) is 0 Å². The Bertz CT molecular complexity index is 274. The van der Waals surface area contributed by atoms with E-state index in [2.05, 4.69) is 5.32 Å². The molecule has 0 heterocycles. The van der Waals surface area contributed by atoms with Gasteiger partial charge in [-0.1, -0.05) is 0 Å². The molecule has 0 radical (unpaired) electrons. The molecule has 0 aliphatic rings. The van der Waals surface area contributed by atoms with Gasteiger partial charge in [-0.2, -0.15) is 0 Å². The van der Waals surface area contributed by atoms with Gasteiger partial charge in [0.1, 0.15) is 5.75 Å². The number of hydrogen-bond acceptors (Lipinski definition) is 3. The monoisotopic (exact) mass is 241 g/mol. The van der Waals surface area contributed by atoms with Gasteiger partial charge in [-0.25, -0.2) is 8.42 Å². The molecular weight excluding hydrogens is 226 g/mol. The molecule has 0 saturated carbocycles. The zero-order valence-corrected chi connectivity index (χ0v) is 9.99. The van der Waals surface area contributed by atoms with E-state index in [9.17, 15) is 13.2 Å². The quantitative estimate of drug-likeness (QED) is 0.546. The second-order valence-corrected chi connectivity index (χ2v) is 6.23. The van der Waals surface area contributed by atoms with Crippen molar-refractivity contribution in [3.8, 4) is 0 Å². The maximum absolute atomic E-state index is 11.0. The Morgan fingerprint density at radius 1 is 1.50 bits per heavy atom. The summed E-state index contributed by atoms with van der Waals surface area (Å²) < 4.78 is 21.4. The van der Waals surface area contributed by atoms with Crippen molar-refractivity contribution in [2.45, 2.75) is 25.1 Å². The fraction of sp³-hybridized carbons (Fsp3) is 0.875. The van der Waals surface area contributed by atoms with E-state index in [0.29, 0.717) is 6.54 Å². The van der Waals surface area contributed by atoms with E-state index in [1.807, 2.05) is 6.92 Å². The van der Waals surface area contributed by atoms with E-state index in [1.165, 1.54) is 0 Å². The number of carbonyl (C=O) groups is 1. The minimum Gasteiger partial charge on any atom is -0.355 e. The van der Waals surface area contributed by atoms with Crippen LogP contribution in [0.5, 0.6) is 0 Å². The van der Waals surface area contributed by atoms with E-state index in [1.54, 1.807) is 0 Å². The van der Waals surface area contributed by atoms with E-state index in [4.69, 9.17) is 11.6 Å². The average molecular weight is 242 g/mol. The van der Waals surface area contributed by atoms with Crippen LogP contribution in [0.1, 0.15) is 19.8 Å². The Kier molecular flexibility index (Phi) is 6.11. The summed E-state index contributed by atoms with van der Waals surface area (Å²) in [4.78, 5) is 11.0. The summed E-state index contributed by atoms with van der Waals surface area (Å²) in [6.07, 6.45) is 2.61. The lowest BCUT2D eigenvalue weighted by molar-refractivity contribution is -0.118. The molecule has 1 N–H and O–H groups in total. The molecule has 0 aromatic heterocycles. The van der Waals surface area contributed by atoms with Crippen LogP contribution < -0.4 is 5.32 Å². The molecule has 0 saturated heterocycles. The number of hydrogen-bond donors (Lipinski definition) is 1. The van der Waals surface area contributed by atoms with E-state index < -0.39 is 21.5 Å². The van der Waals surface area contributed by atoms with Gasteiger partial charge in [0.15, 0.2) is 9.84 Å². The standard InChI is InChI=1S/C8H16ClNO3S/c1-7(9)4-3-5-10-8(11)6-14(2,12)13/h7H,3-6H2,1-2H3,(H,10,11). The summed E-state index contributed by atoms with van der Waals surface area (Å²) in [5.41, 5.74) is 0. The van der Waals surface area contributed by atoms with Crippen molar-refractivity contribution in [3.05, 3.63) is 0 Å². The molecular formula is C8H16ClNO3S. The first-order valence-corrected chi connectivity index (χ1v) is 6.89. The van der Waals surface area contributed by atoms with Crippen LogP contribution in [0.3, 0.4) is 0 Å². The summed E-state index contributed by atoms with van der Waals surface area (Å²) in [6, 6.07) is 0. The predicted octanol–water partition coefficient (Wildman–Crippen LogP) is 0.555. The largest absolute Gasteiger partial charge is 0.355 e. The molecule has 84 valence electrons. The van der Waals surface area contributed by atoms with Gasteiger partial charge in [0.2, 0.25) is 5.91 Å². The van der Waals surface area contributed by atoms with Crippen LogP contribution in [0, 0.1) is 0 Å². The Balaban J connectivity index is 3.56. The smallest absolute Gasteiger partial charge is 0.235 e. The highest BCUT2D eigenvalue weighted by Crippen LogP contribution is 2.02. The number of sulfone groups is 1. The average Bonchev–Trinajstić information content (AvgIpc) is 1.94. The van der Waals surface area contributed by atoms with Gasteiger partial charge in [-0.15, -0.1) is 11.6 Å². The summed E-state index contributed by atoms with van der Waals surface area (Å²) in [7, 11) is -3.21. The predicted molar refractivity (Wildman–Crippen MR) is 57.3 cm³/mol. The molecule has 14 heavy (non-hydrogen) atoms. The first kappa shape index (κ1) is 13.7. The lowest BCUT2D eigenvalue weighted by atomic mass is 10.2. The lowest BCUT2D eigenvalue weighted by Crippen LogP contribution is -2.30. The lowest BCUT2D eigenvalue weighted by Gasteiger charge is -2.04. The topological polar surface area (TPSA) is 63.2 Å². The summed E-state index contributed by atoms with van der Waals surface area (Å²) in [5, 5.41) is 2.60. The zero-order chi connectivity index (χ0) is 11.2. The van der Waals surface area contributed by atoms with E-state index in [-0.39, 0.29) is 5.38 Å². The Morgan fingerprint density at radius 2 is 2.07 bits per heavy atom. The van der Waals surface area contributed by atoms with E-state index in [0.717, 1.165) is 19.1 Å². The number of halogens is 1. The van der Waals surface area contributed by atoms with Crippen molar-refractivity contribution in [1.82, 2.24) is 5.32 Å². The molecule has 0 aliphatic carbocycles. The first-order valence-electron chi connectivity index (χ1n) is 4.40. The van der Waals surface area contributed by atoms with Crippen molar-refractivity contribution in [3.63, 3.8) is 0 Å². The third kappa shape index (κ3) is 9.80. The van der Waals surface area contributed by atoms with Crippen molar-refractivity contribution in [1.29, 1.82) is 0 Å². The molecule has 1 amide bonds. The third-order valence-electron chi connectivity index (χ3n) is 1.49. The maximum Gasteiger partial charge on any atom is 0.235 e. The molecule has 0 fully saturated rings. The van der Waals surface area contributed by atoms with Gasteiger partial charge in [0.25, 0.3) is 0 Å². The Hall–Kier alpha value is -0.290. The van der Waals surface area contributed by atoms with Crippen LogP contribution in [-0.4, -0.2) is 38.3 Å². The minimum absolute atomic E-state index is 0.0850. The first-order chi connectivity index (χ1) is 6.31. The number of amides is 1. The van der Waals surface area contributed by atoms with Gasteiger partial charge in [-0.05, 0) is 19.8 Å². The molecule has 4 nitrogen and oxygen atoms in total. The number of alkyl halides is 1. The molecule has 0 aromatic carbocycles. The molecule has 0 rings (SSSR count). The van der Waals surface area contributed by atoms with Crippen LogP contribution in [0.4, 0.5) is 0 Å². The van der Waals surface area contributed by atoms with Gasteiger partial charge < -0.3 is 5.32 Å². The van der Waals surface area contributed by atoms with Gasteiger partial charge in [-0.3, -0.25) is 4.79 Å². The Morgan fingerprint density at radius 3 is 2.50 bits per heavy atom. The summed E-state index contributed by atoms with van der Waals surface area (Å²) in [6.45, 7) is 2.35. The molecule has 0 aromatic rings. The highest BCUT2D eigenvalue weighted by molar-refractivity contribution is 7.91. The van der Waals surface area contributed by atoms with Crippen molar-refractivity contribution < 1.29 is 13.2 Å². The molecule has 1 atom stereocenters. The van der Waals surface area contributed by atoms with Crippen molar-refractivity contribution in [2.75, 3.05) is 18.6 Å². The van der Waals surface area contributed by atoms with Gasteiger partial charge in [0, 0.05) is 18.2 Å². The van der Waals surface area contributed by atoms with Gasteiger partial charge in [0.05, 0.1) is 0 Å². The third-order valence-corrected chi connectivity index (χ3v) is 2.50. The van der Waals surface area contributed by atoms with Gasteiger partial charge >= 0.3 is 0 Å². The molecule has 1 unspecified atom stereocenters. The number of rotatable bonds is 6.